The second-order valence-corrected chi connectivity index (χ2v) is 7.05. The summed E-state index contributed by atoms with van der Waals surface area (Å²) in [5.41, 5.74) is 5.76. The average molecular weight is 357 g/mol. The van der Waals surface area contributed by atoms with Crippen molar-refractivity contribution >= 4 is 24.0 Å². The van der Waals surface area contributed by atoms with E-state index in [1.807, 2.05) is 18.2 Å². The Balaban J connectivity index is 0.00000182. The van der Waals surface area contributed by atoms with Gasteiger partial charge in [-0.3, -0.25) is 4.79 Å². The number of hydrogen-bond donors (Lipinski definition) is 2. The predicted octanol–water partition coefficient (Wildman–Crippen LogP) is 4.00. The van der Waals surface area contributed by atoms with E-state index in [-0.39, 0.29) is 18.3 Å². The van der Waals surface area contributed by atoms with Crippen molar-refractivity contribution in [3.8, 4) is 0 Å². The summed E-state index contributed by atoms with van der Waals surface area (Å²) < 4.78 is 0. The number of amides is 1. The van der Waals surface area contributed by atoms with Crippen molar-refractivity contribution in [2.24, 2.45) is 5.92 Å². The third-order valence-electron chi connectivity index (χ3n) is 5.26. The van der Waals surface area contributed by atoms with Gasteiger partial charge >= 0.3 is 0 Å². The van der Waals surface area contributed by atoms with E-state index >= 15 is 0 Å². The smallest absolute Gasteiger partial charge is 0.255 e. The monoisotopic (exact) mass is 356 g/mol. The minimum Gasteiger partial charge on any atom is -0.322 e. The van der Waals surface area contributed by atoms with Crippen molar-refractivity contribution in [3.63, 3.8) is 0 Å². The molecule has 25 heavy (non-hydrogen) atoms. The van der Waals surface area contributed by atoms with Crippen LogP contribution in [0, 0.1) is 5.92 Å². The first kappa shape index (κ1) is 18.0. The van der Waals surface area contributed by atoms with Crippen LogP contribution < -0.4 is 10.6 Å². The Morgan fingerprint density at radius 1 is 1.08 bits per heavy atom. The number of rotatable bonds is 4. The van der Waals surface area contributed by atoms with E-state index in [1.54, 1.807) is 0 Å². The van der Waals surface area contributed by atoms with Gasteiger partial charge < -0.3 is 10.6 Å². The maximum absolute atomic E-state index is 12.4. The summed E-state index contributed by atoms with van der Waals surface area (Å²) in [5, 5.41) is 6.43. The summed E-state index contributed by atoms with van der Waals surface area (Å²) in [7, 11) is 0. The second-order valence-electron chi connectivity index (χ2n) is 7.05. The first-order chi connectivity index (χ1) is 11.8. The topological polar surface area (TPSA) is 41.1 Å². The van der Waals surface area contributed by atoms with Crippen LogP contribution in [-0.4, -0.2) is 19.0 Å². The van der Waals surface area contributed by atoms with Crippen LogP contribution in [0.3, 0.4) is 0 Å². The largest absolute Gasteiger partial charge is 0.322 e. The number of halogens is 1. The normalized spacial score (nSPS) is 18.5. The Labute approximate surface area is 155 Å². The van der Waals surface area contributed by atoms with E-state index in [4.69, 9.17) is 0 Å². The van der Waals surface area contributed by atoms with Crippen LogP contribution in [0.25, 0.3) is 0 Å². The molecule has 2 aromatic rings. The van der Waals surface area contributed by atoms with Crippen LogP contribution in [0.1, 0.15) is 39.9 Å². The molecule has 1 fully saturated rings. The molecule has 1 atom stereocenters. The molecule has 3 nitrogen and oxygen atoms in total. The molecular formula is C21H25ClN2O. The van der Waals surface area contributed by atoms with Crippen LogP contribution in [0.2, 0.25) is 0 Å². The highest BCUT2D eigenvalue weighted by Gasteiger charge is 2.15. The number of fused-ring (bicyclic) bond motifs is 1. The second kappa shape index (κ2) is 8.03. The highest BCUT2D eigenvalue weighted by atomic mass is 35.5. The number of aryl methyl sites for hydroxylation is 2. The molecule has 2 aromatic carbocycles. The van der Waals surface area contributed by atoms with Crippen molar-refractivity contribution in [1.82, 2.24) is 5.32 Å². The van der Waals surface area contributed by atoms with Crippen molar-refractivity contribution in [3.05, 3.63) is 64.7 Å². The van der Waals surface area contributed by atoms with Gasteiger partial charge in [-0.15, -0.1) is 12.4 Å². The summed E-state index contributed by atoms with van der Waals surface area (Å²) >= 11 is 0. The summed E-state index contributed by atoms with van der Waals surface area (Å²) in [6.07, 6.45) is 5.87. The highest BCUT2D eigenvalue weighted by molar-refractivity contribution is 6.04. The zero-order valence-corrected chi connectivity index (χ0v) is 15.2. The van der Waals surface area contributed by atoms with E-state index < -0.39 is 0 Å². The van der Waals surface area contributed by atoms with Gasteiger partial charge in [-0.2, -0.15) is 0 Å². The van der Waals surface area contributed by atoms with Gasteiger partial charge in [-0.25, -0.2) is 0 Å². The molecule has 1 saturated heterocycles. The van der Waals surface area contributed by atoms with Crippen LogP contribution in [0.15, 0.2) is 42.5 Å². The summed E-state index contributed by atoms with van der Waals surface area (Å²) in [5.74, 6) is 0.707. The quantitative estimate of drug-likeness (QED) is 0.869. The standard InChI is InChI=1S/C21H24N2O.ClH/c24-21(23-20-9-8-17-2-1-3-19(17)13-20)18-6-4-15(5-7-18)12-16-10-11-22-14-16;/h4-9,13,16,22H,1-3,10-12,14H2,(H,23,24);1H. The van der Waals surface area contributed by atoms with Gasteiger partial charge in [-0.05, 0) is 92.1 Å². The van der Waals surface area contributed by atoms with Crippen molar-refractivity contribution in [1.29, 1.82) is 0 Å². The van der Waals surface area contributed by atoms with Gasteiger partial charge in [0.05, 0.1) is 0 Å². The molecule has 1 unspecified atom stereocenters. The van der Waals surface area contributed by atoms with Crippen molar-refractivity contribution in [2.45, 2.75) is 32.1 Å². The van der Waals surface area contributed by atoms with E-state index in [2.05, 4.69) is 34.9 Å². The first-order valence-corrected chi connectivity index (χ1v) is 9.01. The van der Waals surface area contributed by atoms with E-state index in [0.29, 0.717) is 0 Å². The zero-order valence-electron chi connectivity index (χ0n) is 14.4. The van der Waals surface area contributed by atoms with Crippen LogP contribution in [-0.2, 0) is 19.3 Å². The molecule has 4 heteroatoms. The highest BCUT2D eigenvalue weighted by Crippen LogP contribution is 2.25. The molecule has 1 heterocycles. The molecule has 0 saturated carbocycles. The van der Waals surface area contributed by atoms with Gasteiger partial charge in [0.25, 0.3) is 5.91 Å². The third kappa shape index (κ3) is 4.23. The lowest BCUT2D eigenvalue weighted by atomic mass is 9.98. The molecule has 0 spiro atoms. The SMILES string of the molecule is Cl.O=C(Nc1ccc2c(c1)CCC2)c1ccc(CC2CCNC2)cc1. The van der Waals surface area contributed by atoms with Gasteiger partial charge in [-0.1, -0.05) is 18.2 Å². The number of anilines is 1. The Morgan fingerprint density at radius 3 is 2.64 bits per heavy atom. The average Bonchev–Trinajstić information content (AvgIpc) is 3.26. The molecule has 2 N–H and O–H groups in total. The fraction of sp³-hybridized carbons (Fsp3) is 0.381. The van der Waals surface area contributed by atoms with Crippen LogP contribution in [0.4, 0.5) is 5.69 Å². The molecule has 1 aliphatic carbocycles. The number of benzene rings is 2. The molecule has 0 bridgehead atoms. The maximum atomic E-state index is 12.4. The molecule has 132 valence electrons. The molecule has 0 radical (unpaired) electrons. The van der Waals surface area contributed by atoms with Crippen LogP contribution in [0.5, 0.6) is 0 Å². The van der Waals surface area contributed by atoms with Crippen molar-refractivity contribution < 1.29 is 4.79 Å². The molecule has 0 aromatic heterocycles. The molecule has 1 aliphatic heterocycles. The van der Waals surface area contributed by atoms with Gasteiger partial charge in [0.15, 0.2) is 0 Å². The first-order valence-electron chi connectivity index (χ1n) is 9.01. The fourth-order valence-electron chi connectivity index (χ4n) is 3.87. The Morgan fingerprint density at radius 2 is 1.88 bits per heavy atom. The lowest BCUT2D eigenvalue weighted by molar-refractivity contribution is 0.102. The number of carbonyl (C=O) groups is 1. The predicted molar refractivity (Wildman–Crippen MR) is 105 cm³/mol. The third-order valence-corrected chi connectivity index (χ3v) is 5.26. The number of nitrogens with one attached hydrogen (secondary N) is 2. The minimum absolute atomic E-state index is 0. The number of hydrogen-bond acceptors (Lipinski definition) is 2. The molecule has 4 rings (SSSR count). The zero-order chi connectivity index (χ0) is 16.4. The van der Waals surface area contributed by atoms with Gasteiger partial charge in [0, 0.05) is 11.3 Å². The van der Waals surface area contributed by atoms with Gasteiger partial charge in [0.2, 0.25) is 0 Å². The summed E-state index contributed by atoms with van der Waals surface area (Å²) in [6.45, 7) is 2.24. The molecule has 1 amide bonds. The Hall–Kier alpha value is -1.84. The lowest BCUT2D eigenvalue weighted by Crippen LogP contribution is -2.13. The summed E-state index contributed by atoms with van der Waals surface area (Å²) in [4.78, 5) is 12.4. The number of carbonyl (C=O) groups excluding carboxylic acids is 1. The van der Waals surface area contributed by atoms with E-state index in [1.165, 1.54) is 36.0 Å². The Bertz CT molecular complexity index is 736. The summed E-state index contributed by atoms with van der Waals surface area (Å²) in [6, 6.07) is 14.4. The van der Waals surface area contributed by atoms with Gasteiger partial charge in [0.1, 0.15) is 0 Å². The minimum atomic E-state index is -0.0259. The molecular weight excluding hydrogens is 332 g/mol. The lowest BCUT2D eigenvalue weighted by Gasteiger charge is -2.10. The van der Waals surface area contributed by atoms with Crippen molar-refractivity contribution in [2.75, 3.05) is 18.4 Å². The van der Waals surface area contributed by atoms with Crippen LogP contribution >= 0.6 is 12.4 Å². The Kier molecular flexibility index (Phi) is 5.77. The van der Waals surface area contributed by atoms with E-state index in [9.17, 15) is 4.79 Å². The molecule has 2 aliphatic rings. The maximum Gasteiger partial charge on any atom is 0.255 e. The van der Waals surface area contributed by atoms with E-state index in [0.717, 1.165) is 43.1 Å². The fourth-order valence-corrected chi connectivity index (χ4v) is 3.87.